The third-order valence-electron chi connectivity index (χ3n) is 3.23. The van der Waals surface area contributed by atoms with Crippen molar-refractivity contribution < 1.29 is 27.5 Å². The molecule has 2 aliphatic heterocycles. The van der Waals surface area contributed by atoms with Crippen molar-refractivity contribution in [1.82, 2.24) is 15.5 Å². The summed E-state index contributed by atoms with van der Waals surface area (Å²) in [7, 11) is 0. The van der Waals surface area contributed by atoms with Crippen LogP contribution in [0.4, 0.5) is 18.0 Å². The number of carbonyl (C=O) groups is 2. The Morgan fingerprint density at radius 2 is 2.16 bits per heavy atom. The lowest BCUT2D eigenvalue weighted by Gasteiger charge is -2.27. The van der Waals surface area contributed by atoms with Crippen molar-refractivity contribution in [3.63, 3.8) is 0 Å². The standard InChI is InChI=1S/C10H14F3N3O3/c1-9(10(11,12)13)7(17)16(8(18)15-9)5-6-4-14-2-3-19-6/h6,14H,2-5H2,1H3,(H,15,18). The predicted octanol–water partition coefficient (Wildman–Crippen LogP) is -0.152. The van der Waals surface area contributed by atoms with Crippen LogP contribution in [0.1, 0.15) is 6.92 Å². The zero-order valence-corrected chi connectivity index (χ0v) is 10.2. The van der Waals surface area contributed by atoms with E-state index < -0.39 is 29.8 Å². The average Bonchev–Trinajstić information content (AvgIpc) is 2.55. The Morgan fingerprint density at radius 3 is 2.63 bits per heavy atom. The minimum atomic E-state index is -4.83. The average molecular weight is 281 g/mol. The Morgan fingerprint density at radius 1 is 1.47 bits per heavy atom. The molecule has 2 aliphatic rings. The monoisotopic (exact) mass is 281 g/mol. The van der Waals surface area contributed by atoms with Crippen molar-refractivity contribution in [1.29, 1.82) is 0 Å². The molecule has 2 rings (SSSR count). The SMILES string of the molecule is CC1(C(F)(F)F)NC(=O)N(CC2CNCCO2)C1=O. The Bertz CT molecular complexity index is 395. The van der Waals surface area contributed by atoms with E-state index in [-0.39, 0.29) is 6.54 Å². The first-order chi connectivity index (χ1) is 8.75. The first-order valence-corrected chi connectivity index (χ1v) is 5.79. The summed E-state index contributed by atoms with van der Waals surface area (Å²) in [6.07, 6.45) is -5.32. The highest BCUT2D eigenvalue weighted by atomic mass is 19.4. The van der Waals surface area contributed by atoms with Gasteiger partial charge >= 0.3 is 12.2 Å². The zero-order valence-electron chi connectivity index (χ0n) is 10.2. The van der Waals surface area contributed by atoms with Gasteiger partial charge in [0.15, 0.2) is 0 Å². The predicted molar refractivity (Wildman–Crippen MR) is 57.3 cm³/mol. The molecule has 0 radical (unpaired) electrons. The molecule has 0 aliphatic carbocycles. The van der Waals surface area contributed by atoms with E-state index in [4.69, 9.17) is 4.74 Å². The van der Waals surface area contributed by atoms with Crippen LogP contribution in [0.3, 0.4) is 0 Å². The van der Waals surface area contributed by atoms with Gasteiger partial charge < -0.3 is 15.4 Å². The number of nitrogens with one attached hydrogen (secondary N) is 2. The van der Waals surface area contributed by atoms with Crippen LogP contribution in [0.25, 0.3) is 0 Å². The van der Waals surface area contributed by atoms with Crippen molar-refractivity contribution in [3.8, 4) is 0 Å². The molecule has 2 heterocycles. The molecule has 2 fully saturated rings. The maximum absolute atomic E-state index is 12.8. The lowest BCUT2D eigenvalue weighted by molar-refractivity contribution is -0.191. The highest BCUT2D eigenvalue weighted by molar-refractivity contribution is 6.07. The van der Waals surface area contributed by atoms with Crippen LogP contribution in [0.2, 0.25) is 0 Å². The van der Waals surface area contributed by atoms with Crippen LogP contribution >= 0.6 is 0 Å². The summed E-state index contributed by atoms with van der Waals surface area (Å²) in [5.74, 6) is -1.29. The second-order valence-electron chi connectivity index (χ2n) is 4.67. The van der Waals surface area contributed by atoms with Gasteiger partial charge in [-0.15, -0.1) is 0 Å². The molecule has 0 aromatic heterocycles. The number of alkyl halides is 3. The van der Waals surface area contributed by atoms with Crippen LogP contribution in [-0.2, 0) is 9.53 Å². The number of morpholine rings is 1. The molecule has 0 spiro atoms. The second-order valence-corrected chi connectivity index (χ2v) is 4.67. The highest BCUT2D eigenvalue weighted by Gasteiger charge is 2.64. The molecular weight excluding hydrogens is 267 g/mol. The number of nitrogens with zero attached hydrogens (tertiary/aromatic N) is 1. The summed E-state index contributed by atoms with van der Waals surface area (Å²) in [6.45, 7) is 1.89. The van der Waals surface area contributed by atoms with E-state index in [1.54, 1.807) is 5.32 Å². The maximum Gasteiger partial charge on any atom is 0.420 e. The molecule has 0 saturated carbocycles. The Hall–Kier alpha value is -1.35. The van der Waals surface area contributed by atoms with Gasteiger partial charge in [0.05, 0.1) is 19.3 Å². The maximum atomic E-state index is 12.8. The van der Waals surface area contributed by atoms with Gasteiger partial charge in [-0.3, -0.25) is 9.69 Å². The molecule has 3 amide bonds. The Kier molecular flexibility index (Phi) is 3.43. The molecule has 0 aromatic rings. The van der Waals surface area contributed by atoms with E-state index in [1.165, 1.54) is 0 Å². The third kappa shape index (κ3) is 2.39. The lowest BCUT2D eigenvalue weighted by Crippen LogP contribution is -2.56. The van der Waals surface area contributed by atoms with E-state index in [0.29, 0.717) is 31.5 Å². The summed E-state index contributed by atoms with van der Waals surface area (Å²) < 4.78 is 43.7. The fraction of sp³-hybridized carbons (Fsp3) is 0.800. The molecule has 0 bridgehead atoms. The van der Waals surface area contributed by atoms with Gasteiger partial charge in [-0.2, -0.15) is 13.2 Å². The van der Waals surface area contributed by atoms with E-state index in [0.717, 1.165) is 0 Å². The molecule has 2 N–H and O–H groups in total. The van der Waals surface area contributed by atoms with Gasteiger partial charge in [0.2, 0.25) is 5.54 Å². The highest BCUT2D eigenvalue weighted by Crippen LogP contribution is 2.35. The van der Waals surface area contributed by atoms with E-state index in [1.807, 2.05) is 0 Å². The second kappa shape index (κ2) is 4.64. The molecule has 19 heavy (non-hydrogen) atoms. The summed E-state index contributed by atoms with van der Waals surface area (Å²) in [5.41, 5.74) is -2.85. The van der Waals surface area contributed by atoms with Gasteiger partial charge in [-0.25, -0.2) is 4.79 Å². The molecule has 108 valence electrons. The number of rotatable bonds is 2. The number of imide groups is 1. The van der Waals surface area contributed by atoms with Crippen molar-refractivity contribution in [3.05, 3.63) is 0 Å². The first kappa shape index (κ1) is 14.1. The summed E-state index contributed by atoms with van der Waals surface area (Å²) >= 11 is 0. The van der Waals surface area contributed by atoms with Gasteiger partial charge in [0, 0.05) is 13.1 Å². The van der Waals surface area contributed by atoms with Crippen LogP contribution < -0.4 is 10.6 Å². The number of urea groups is 1. The van der Waals surface area contributed by atoms with Gasteiger partial charge in [0.25, 0.3) is 5.91 Å². The van der Waals surface area contributed by atoms with Crippen molar-refractivity contribution in [2.24, 2.45) is 0 Å². The molecule has 2 atom stereocenters. The fourth-order valence-corrected chi connectivity index (χ4v) is 2.00. The van der Waals surface area contributed by atoms with Crippen LogP contribution in [-0.4, -0.2) is 60.9 Å². The zero-order chi connectivity index (χ0) is 14.3. The van der Waals surface area contributed by atoms with Gasteiger partial charge in [-0.1, -0.05) is 0 Å². The smallest absolute Gasteiger partial charge is 0.374 e. The molecule has 2 unspecified atom stereocenters. The number of amides is 3. The first-order valence-electron chi connectivity index (χ1n) is 5.79. The fourth-order valence-electron chi connectivity index (χ4n) is 2.00. The number of hydrogen-bond acceptors (Lipinski definition) is 4. The minimum absolute atomic E-state index is 0.191. The normalized spacial score (nSPS) is 32.6. The Labute approximate surface area is 107 Å². The largest absolute Gasteiger partial charge is 0.420 e. The lowest BCUT2D eigenvalue weighted by atomic mass is 10.0. The topological polar surface area (TPSA) is 70.7 Å². The number of halogens is 3. The molecule has 6 nitrogen and oxygen atoms in total. The van der Waals surface area contributed by atoms with E-state index >= 15 is 0 Å². The van der Waals surface area contributed by atoms with Gasteiger partial charge in [-0.05, 0) is 6.92 Å². The summed E-state index contributed by atoms with van der Waals surface area (Å²) in [5, 5.41) is 4.67. The van der Waals surface area contributed by atoms with Crippen molar-refractivity contribution >= 4 is 11.9 Å². The minimum Gasteiger partial charge on any atom is -0.374 e. The number of ether oxygens (including phenoxy) is 1. The van der Waals surface area contributed by atoms with E-state index in [2.05, 4.69) is 5.32 Å². The molecule has 0 aromatic carbocycles. The quantitative estimate of drug-likeness (QED) is 0.690. The molecular formula is C10H14F3N3O3. The van der Waals surface area contributed by atoms with E-state index in [9.17, 15) is 22.8 Å². The number of carbonyl (C=O) groups excluding carboxylic acids is 2. The third-order valence-corrected chi connectivity index (χ3v) is 3.23. The molecule has 9 heteroatoms. The summed E-state index contributed by atoms with van der Waals surface area (Å²) in [6, 6.07) is -1.04. The van der Waals surface area contributed by atoms with Crippen molar-refractivity contribution in [2.45, 2.75) is 24.7 Å². The molecule has 2 saturated heterocycles. The Balaban J connectivity index is 2.10. The van der Waals surface area contributed by atoms with Crippen LogP contribution in [0, 0.1) is 0 Å². The number of hydrogen-bond donors (Lipinski definition) is 2. The van der Waals surface area contributed by atoms with Crippen molar-refractivity contribution in [2.75, 3.05) is 26.2 Å². The van der Waals surface area contributed by atoms with Crippen LogP contribution in [0.5, 0.6) is 0 Å². The van der Waals surface area contributed by atoms with Gasteiger partial charge in [0.1, 0.15) is 0 Å². The summed E-state index contributed by atoms with van der Waals surface area (Å²) in [4.78, 5) is 23.9. The van der Waals surface area contributed by atoms with Crippen LogP contribution in [0.15, 0.2) is 0 Å².